The van der Waals surface area contributed by atoms with Gasteiger partial charge in [-0.1, -0.05) is 12.1 Å². The average Bonchev–Trinajstić information content (AvgIpc) is 3.16. The quantitative estimate of drug-likeness (QED) is 0.642. The van der Waals surface area contributed by atoms with E-state index in [1.165, 1.54) is 0 Å². The molecule has 2 aromatic rings. The van der Waals surface area contributed by atoms with Crippen LogP contribution in [0.25, 0.3) is 0 Å². The van der Waals surface area contributed by atoms with Gasteiger partial charge in [-0.2, -0.15) is 5.10 Å². The van der Waals surface area contributed by atoms with E-state index < -0.39 is 0 Å². The van der Waals surface area contributed by atoms with E-state index in [-0.39, 0.29) is 12.0 Å². The van der Waals surface area contributed by atoms with Crippen LogP contribution in [0.2, 0.25) is 0 Å². The number of ether oxygens (including phenoxy) is 2. The number of amides is 1. The maximum absolute atomic E-state index is 12.5. The van der Waals surface area contributed by atoms with Crippen LogP contribution in [0.15, 0.2) is 41.1 Å². The van der Waals surface area contributed by atoms with Crippen molar-refractivity contribution in [1.29, 1.82) is 0 Å². The van der Waals surface area contributed by atoms with Crippen molar-refractivity contribution in [1.82, 2.24) is 14.7 Å². The number of hydrogen-bond acceptors (Lipinski definition) is 4. The second kappa shape index (κ2) is 9.19. The Bertz CT molecular complexity index is 734. The number of benzene rings is 1. The Morgan fingerprint density at radius 2 is 2.27 bits per heavy atom. The SMILES string of the molecule is CCn1cc([C@@H]2CN(C(=O)CCCOc3ccccc3Br)CCO2)cn1. The predicted octanol–water partition coefficient (Wildman–Crippen LogP) is 3.42. The molecule has 0 N–H and O–H groups in total. The molecule has 0 bridgehead atoms. The molecule has 1 aromatic heterocycles. The van der Waals surface area contributed by atoms with Gasteiger partial charge in [-0.05, 0) is 41.4 Å². The average molecular weight is 422 g/mol. The van der Waals surface area contributed by atoms with Crippen LogP contribution in [0.4, 0.5) is 0 Å². The lowest BCUT2D eigenvalue weighted by atomic mass is 10.1. The van der Waals surface area contributed by atoms with E-state index in [0.717, 1.165) is 22.3 Å². The standard InChI is InChI=1S/C19H24BrN3O3/c1-2-23-13-15(12-21-23)18-14-22(9-11-26-18)19(24)8-5-10-25-17-7-4-3-6-16(17)20/h3-4,6-7,12-13,18H,2,5,8-11,14H2,1H3/t18-/m0/s1. The topological polar surface area (TPSA) is 56.6 Å². The molecule has 2 heterocycles. The molecule has 1 atom stereocenters. The number of halogens is 1. The van der Waals surface area contributed by atoms with Crippen LogP contribution in [0, 0.1) is 0 Å². The highest BCUT2D eigenvalue weighted by Gasteiger charge is 2.26. The lowest BCUT2D eigenvalue weighted by Gasteiger charge is -2.32. The van der Waals surface area contributed by atoms with Crippen LogP contribution in [-0.2, 0) is 16.1 Å². The number of carbonyl (C=O) groups is 1. The number of carbonyl (C=O) groups excluding carboxylic acids is 1. The van der Waals surface area contributed by atoms with Gasteiger partial charge in [-0.25, -0.2) is 0 Å². The second-order valence-electron chi connectivity index (χ2n) is 6.21. The van der Waals surface area contributed by atoms with Crippen molar-refractivity contribution in [2.45, 2.75) is 32.4 Å². The van der Waals surface area contributed by atoms with E-state index in [1.807, 2.05) is 53.2 Å². The van der Waals surface area contributed by atoms with Gasteiger partial charge < -0.3 is 14.4 Å². The minimum absolute atomic E-state index is 0.0930. The normalized spacial score (nSPS) is 17.3. The first kappa shape index (κ1) is 18.9. The molecule has 0 saturated carbocycles. The highest BCUT2D eigenvalue weighted by atomic mass is 79.9. The summed E-state index contributed by atoms with van der Waals surface area (Å²) in [4.78, 5) is 14.4. The van der Waals surface area contributed by atoms with Crippen LogP contribution in [0.1, 0.15) is 31.4 Å². The van der Waals surface area contributed by atoms with E-state index in [2.05, 4.69) is 21.0 Å². The Labute approximate surface area is 162 Å². The van der Waals surface area contributed by atoms with E-state index in [1.54, 1.807) is 0 Å². The number of morpholine rings is 1. The van der Waals surface area contributed by atoms with Crippen molar-refractivity contribution >= 4 is 21.8 Å². The molecule has 140 valence electrons. The zero-order chi connectivity index (χ0) is 18.4. The molecule has 7 heteroatoms. The molecule has 1 aromatic carbocycles. The van der Waals surface area contributed by atoms with Crippen molar-refractivity contribution in [3.05, 3.63) is 46.7 Å². The molecule has 1 aliphatic heterocycles. The summed E-state index contributed by atoms with van der Waals surface area (Å²) < 4.78 is 14.3. The Kier molecular flexibility index (Phi) is 6.68. The van der Waals surface area contributed by atoms with Gasteiger partial charge in [0.2, 0.25) is 5.91 Å². The van der Waals surface area contributed by atoms with Gasteiger partial charge in [0.1, 0.15) is 11.9 Å². The van der Waals surface area contributed by atoms with Gasteiger partial charge in [0, 0.05) is 31.3 Å². The number of aromatic nitrogens is 2. The fourth-order valence-corrected chi connectivity index (χ4v) is 3.32. The number of nitrogens with zero attached hydrogens (tertiary/aromatic N) is 3. The third-order valence-electron chi connectivity index (χ3n) is 4.40. The zero-order valence-electron chi connectivity index (χ0n) is 14.9. The molecule has 26 heavy (non-hydrogen) atoms. The van der Waals surface area contributed by atoms with Gasteiger partial charge in [-0.15, -0.1) is 0 Å². The predicted molar refractivity (Wildman–Crippen MR) is 102 cm³/mol. The summed E-state index contributed by atoms with van der Waals surface area (Å²) in [6.07, 6.45) is 4.89. The molecular weight excluding hydrogens is 398 g/mol. The van der Waals surface area contributed by atoms with Crippen LogP contribution in [0.5, 0.6) is 5.75 Å². The highest BCUT2D eigenvalue weighted by molar-refractivity contribution is 9.10. The minimum atomic E-state index is -0.0930. The monoisotopic (exact) mass is 421 g/mol. The molecule has 0 unspecified atom stereocenters. The van der Waals surface area contributed by atoms with Crippen LogP contribution in [-0.4, -0.2) is 46.9 Å². The number of para-hydroxylation sites is 1. The summed E-state index contributed by atoms with van der Waals surface area (Å²) in [7, 11) is 0. The van der Waals surface area contributed by atoms with E-state index in [0.29, 0.717) is 39.1 Å². The largest absolute Gasteiger partial charge is 0.492 e. The molecule has 3 rings (SSSR count). The fraction of sp³-hybridized carbons (Fsp3) is 0.474. The summed E-state index contributed by atoms with van der Waals surface area (Å²) in [6, 6.07) is 7.73. The fourth-order valence-electron chi connectivity index (χ4n) is 2.92. The molecule has 1 aliphatic rings. The van der Waals surface area contributed by atoms with Gasteiger partial charge in [0.15, 0.2) is 0 Å². The minimum Gasteiger partial charge on any atom is -0.492 e. The highest BCUT2D eigenvalue weighted by Crippen LogP contribution is 2.24. The Balaban J connectivity index is 1.44. The molecule has 6 nitrogen and oxygen atoms in total. The van der Waals surface area contributed by atoms with Gasteiger partial charge >= 0.3 is 0 Å². The Hall–Kier alpha value is -1.86. The zero-order valence-corrected chi connectivity index (χ0v) is 16.5. The third kappa shape index (κ3) is 4.86. The summed E-state index contributed by atoms with van der Waals surface area (Å²) >= 11 is 3.45. The molecule has 1 saturated heterocycles. The smallest absolute Gasteiger partial charge is 0.222 e. The van der Waals surface area contributed by atoms with Crippen LogP contribution >= 0.6 is 15.9 Å². The molecule has 0 spiro atoms. The van der Waals surface area contributed by atoms with Crippen molar-refractivity contribution in [2.75, 3.05) is 26.3 Å². The van der Waals surface area contributed by atoms with Crippen LogP contribution < -0.4 is 4.74 Å². The summed E-state index contributed by atoms with van der Waals surface area (Å²) in [6.45, 7) is 5.17. The maximum atomic E-state index is 12.5. The van der Waals surface area contributed by atoms with Crippen molar-refractivity contribution < 1.29 is 14.3 Å². The third-order valence-corrected chi connectivity index (χ3v) is 5.05. The van der Waals surface area contributed by atoms with Gasteiger partial charge in [-0.3, -0.25) is 9.48 Å². The first-order valence-electron chi connectivity index (χ1n) is 8.96. The second-order valence-corrected chi connectivity index (χ2v) is 7.07. The summed E-state index contributed by atoms with van der Waals surface area (Å²) in [5.74, 6) is 0.955. The maximum Gasteiger partial charge on any atom is 0.222 e. The van der Waals surface area contributed by atoms with Gasteiger partial charge in [0.05, 0.1) is 30.4 Å². The van der Waals surface area contributed by atoms with Crippen molar-refractivity contribution in [2.24, 2.45) is 0 Å². The Morgan fingerprint density at radius 3 is 3.04 bits per heavy atom. The molecule has 0 aliphatic carbocycles. The number of rotatable bonds is 7. The molecule has 0 radical (unpaired) electrons. The van der Waals surface area contributed by atoms with Crippen LogP contribution in [0.3, 0.4) is 0 Å². The van der Waals surface area contributed by atoms with E-state index in [4.69, 9.17) is 9.47 Å². The van der Waals surface area contributed by atoms with Crippen molar-refractivity contribution in [3.8, 4) is 5.75 Å². The number of aryl methyl sites for hydroxylation is 1. The lowest BCUT2D eigenvalue weighted by molar-refractivity contribution is -0.139. The summed E-state index contributed by atoms with van der Waals surface area (Å²) in [5.41, 5.74) is 1.03. The molecule has 1 amide bonds. The first-order valence-corrected chi connectivity index (χ1v) is 9.75. The molecular formula is C19H24BrN3O3. The molecule has 1 fully saturated rings. The van der Waals surface area contributed by atoms with Crippen molar-refractivity contribution in [3.63, 3.8) is 0 Å². The van der Waals surface area contributed by atoms with Gasteiger partial charge in [0.25, 0.3) is 0 Å². The lowest BCUT2D eigenvalue weighted by Crippen LogP contribution is -2.42. The summed E-state index contributed by atoms with van der Waals surface area (Å²) in [5, 5.41) is 4.29. The Morgan fingerprint density at radius 1 is 1.42 bits per heavy atom. The first-order chi connectivity index (χ1) is 12.7. The van der Waals surface area contributed by atoms with E-state index in [9.17, 15) is 4.79 Å². The number of hydrogen-bond donors (Lipinski definition) is 0. The van der Waals surface area contributed by atoms with E-state index >= 15 is 0 Å².